The van der Waals surface area contributed by atoms with Crippen LogP contribution in [0.3, 0.4) is 0 Å². The van der Waals surface area contributed by atoms with Gasteiger partial charge in [-0.1, -0.05) is 6.07 Å². The summed E-state index contributed by atoms with van der Waals surface area (Å²) in [5.74, 6) is -0.600. The molecule has 5 nitrogen and oxygen atoms in total. The monoisotopic (exact) mass is 340 g/mol. The SMILES string of the molecule is Cc1ccc(Br)c(NC(=O)NC(CC(=O)O)C2CC2)c1. The van der Waals surface area contributed by atoms with Gasteiger partial charge in [-0.25, -0.2) is 4.79 Å². The summed E-state index contributed by atoms with van der Waals surface area (Å²) in [5.41, 5.74) is 1.71. The number of carboxylic acid groups (broad SMARTS) is 1. The highest BCUT2D eigenvalue weighted by atomic mass is 79.9. The van der Waals surface area contributed by atoms with Gasteiger partial charge in [-0.15, -0.1) is 0 Å². The molecule has 2 rings (SSSR count). The smallest absolute Gasteiger partial charge is 0.319 e. The molecule has 1 fully saturated rings. The van der Waals surface area contributed by atoms with Gasteiger partial charge in [0, 0.05) is 10.5 Å². The molecule has 20 heavy (non-hydrogen) atoms. The molecule has 0 radical (unpaired) electrons. The number of halogens is 1. The number of hydrogen-bond donors (Lipinski definition) is 3. The molecule has 1 atom stereocenters. The molecule has 3 N–H and O–H groups in total. The Hall–Kier alpha value is -1.56. The Morgan fingerprint density at radius 1 is 1.45 bits per heavy atom. The number of carbonyl (C=O) groups is 2. The van der Waals surface area contributed by atoms with Gasteiger partial charge in [0.25, 0.3) is 0 Å². The fourth-order valence-electron chi connectivity index (χ4n) is 2.08. The largest absolute Gasteiger partial charge is 0.481 e. The highest BCUT2D eigenvalue weighted by Gasteiger charge is 2.33. The van der Waals surface area contributed by atoms with Crippen LogP contribution in [0.2, 0.25) is 0 Å². The summed E-state index contributed by atoms with van der Waals surface area (Å²) in [6.07, 6.45) is 1.92. The van der Waals surface area contributed by atoms with Crippen molar-refractivity contribution in [2.24, 2.45) is 5.92 Å². The molecule has 0 heterocycles. The molecular formula is C14H17BrN2O3. The molecule has 1 aromatic rings. The molecule has 0 bridgehead atoms. The number of aryl methyl sites for hydroxylation is 1. The van der Waals surface area contributed by atoms with Gasteiger partial charge < -0.3 is 15.7 Å². The van der Waals surface area contributed by atoms with Crippen molar-refractivity contribution in [1.29, 1.82) is 0 Å². The highest BCUT2D eigenvalue weighted by Crippen LogP contribution is 2.34. The van der Waals surface area contributed by atoms with Crippen LogP contribution in [0, 0.1) is 12.8 Å². The third-order valence-electron chi connectivity index (χ3n) is 3.27. The lowest BCUT2D eigenvalue weighted by molar-refractivity contribution is -0.137. The number of anilines is 1. The maximum absolute atomic E-state index is 12.0. The van der Waals surface area contributed by atoms with E-state index in [1.165, 1.54) is 0 Å². The van der Waals surface area contributed by atoms with Crippen molar-refractivity contribution in [3.63, 3.8) is 0 Å². The number of carboxylic acids is 1. The maximum atomic E-state index is 12.0. The molecule has 1 saturated carbocycles. The van der Waals surface area contributed by atoms with E-state index in [2.05, 4.69) is 26.6 Å². The van der Waals surface area contributed by atoms with E-state index in [0.29, 0.717) is 5.69 Å². The van der Waals surface area contributed by atoms with E-state index in [1.54, 1.807) is 0 Å². The first kappa shape index (κ1) is 14.8. The van der Waals surface area contributed by atoms with E-state index in [1.807, 2.05) is 25.1 Å². The number of rotatable bonds is 5. The van der Waals surface area contributed by atoms with Gasteiger partial charge in [-0.2, -0.15) is 0 Å². The lowest BCUT2D eigenvalue weighted by atomic mass is 10.1. The Labute approximate surface area is 125 Å². The van der Waals surface area contributed by atoms with Crippen molar-refractivity contribution in [3.05, 3.63) is 28.2 Å². The van der Waals surface area contributed by atoms with Gasteiger partial charge in [-0.05, 0) is 59.3 Å². The Balaban J connectivity index is 1.96. The van der Waals surface area contributed by atoms with Crippen LogP contribution < -0.4 is 10.6 Å². The summed E-state index contributed by atoms with van der Waals surface area (Å²) in [6, 6.07) is 4.99. The van der Waals surface area contributed by atoms with Crippen molar-refractivity contribution < 1.29 is 14.7 Å². The summed E-state index contributed by atoms with van der Waals surface area (Å²) in [6.45, 7) is 1.94. The quantitative estimate of drug-likeness (QED) is 0.770. The van der Waals surface area contributed by atoms with Gasteiger partial charge in [0.05, 0.1) is 12.1 Å². The predicted molar refractivity (Wildman–Crippen MR) is 79.8 cm³/mol. The molecule has 1 aliphatic rings. The average molecular weight is 341 g/mol. The zero-order valence-corrected chi connectivity index (χ0v) is 12.7. The molecule has 1 aliphatic carbocycles. The lowest BCUT2D eigenvalue weighted by Crippen LogP contribution is -2.40. The van der Waals surface area contributed by atoms with E-state index in [0.717, 1.165) is 22.9 Å². The fraction of sp³-hybridized carbons (Fsp3) is 0.429. The number of urea groups is 1. The maximum Gasteiger partial charge on any atom is 0.319 e. The number of nitrogens with one attached hydrogen (secondary N) is 2. The number of benzene rings is 1. The van der Waals surface area contributed by atoms with E-state index >= 15 is 0 Å². The van der Waals surface area contributed by atoms with Crippen LogP contribution >= 0.6 is 15.9 Å². The minimum Gasteiger partial charge on any atom is -0.481 e. The van der Waals surface area contributed by atoms with Gasteiger partial charge in [0.2, 0.25) is 0 Å². The topological polar surface area (TPSA) is 78.4 Å². The standard InChI is InChI=1S/C14H17BrN2O3/c1-8-2-5-10(15)12(6-8)17-14(20)16-11(7-13(18)19)9-3-4-9/h2,5-6,9,11H,3-4,7H2,1H3,(H,18,19)(H2,16,17,20). The van der Waals surface area contributed by atoms with Crippen molar-refractivity contribution in [1.82, 2.24) is 5.32 Å². The van der Waals surface area contributed by atoms with E-state index in [9.17, 15) is 9.59 Å². The number of hydrogen-bond acceptors (Lipinski definition) is 2. The van der Waals surface area contributed by atoms with Crippen molar-refractivity contribution >= 4 is 33.6 Å². The van der Waals surface area contributed by atoms with Crippen molar-refractivity contribution in [2.45, 2.75) is 32.2 Å². The predicted octanol–water partition coefficient (Wildman–Crippen LogP) is 3.13. The highest BCUT2D eigenvalue weighted by molar-refractivity contribution is 9.10. The number of aliphatic carboxylic acids is 1. The second-order valence-corrected chi connectivity index (χ2v) is 5.98. The normalized spacial score (nSPS) is 15.5. The summed E-state index contributed by atoms with van der Waals surface area (Å²) >= 11 is 3.37. The summed E-state index contributed by atoms with van der Waals surface area (Å²) in [7, 11) is 0. The molecule has 0 saturated heterocycles. The van der Waals surface area contributed by atoms with Crippen LogP contribution in [-0.4, -0.2) is 23.1 Å². The van der Waals surface area contributed by atoms with Gasteiger partial charge >= 0.3 is 12.0 Å². The minimum absolute atomic E-state index is 0.0346. The Kier molecular flexibility index (Phi) is 4.65. The molecular weight excluding hydrogens is 324 g/mol. The van der Waals surface area contributed by atoms with Gasteiger partial charge in [-0.3, -0.25) is 4.79 Å². The van der Waals surface area contributed by atoms with Crippen LogP contribution in [-0.2, 0) is 4.79 Å². The molecule has 2 amide bonds. The fourth-order valence-corrected chi connectivity index (χ4v) is 2.43. The second kappa shape index (κ2) is 6.26. The summed E-state index contributed by atoms with van der Waals surface area (Å²) < 4.78 is 0.791. The van der Waals surface area contributed by atoms with Crippen molar-refractivity contribution in [3.8, 4) is 0 Å². The van der Waals surface area contributed by atoms with Crippen LogP contribution in [0.4, 0.5) is 10.5 Å². The Morgan fingerprint density at radius 2 is 2.15 bits per heavy atom. The van der Waals surface area contributed by atoms with E-state index in [-0.39, 0.29) is 24.4 Å². The Bertz CT molecular complexity index is 529. The molecule has 0 spiro atoms. The van der Waals surface area contributed by atoms with Crippen LogP contribution in [0.5, 0.6) is 0 Å². The van der Waals surface area contributed by atoms with Crippen molar-refractivity contribution in [2.75, 3.05) is 5.32 Å². The van der Waals surface area contributed by atoms with E-state index < -0.39 is 5.97 Å². The minimum atomic E-state index is -0.890. The third kappa shape index (κ3) is 4.23. The molecule has 1 unspecified atom stereocenters. The first-order chi connectivity index (χ1) is 9.45. The molecule has 1 aromatic carbocycles. The third-order valence-corrected chi connectivity index (χ3v) is 3.96. The van der Waals surface area contributed by atoms with Gasteiger partial charge in [0.15, 0.2) is 0 Å². The number of amides is 2. The van der Waals surface area contributed by atoms with Crippen LogP contribution in [0.1, 0.15) is 24.8 Å². The van der Waals surface area contributed by atoms with Crippen LogP contribution in [0.25, 0.3) is 0 Å². The molecule has 0 aliphatic heterocycles. The first-order valence-corrected chi connectivity index (χ1v) is 7.30. The van der Waals surface area contributed by atoms with Gasteiger partial charge in [0.1, 0.15) is 0 Å². The Morgan fingerprint density at radius 3 is 2.75 bits per heavy atom. The zero-order valence-electron chi connectivity index (χ0n) is 11.1. The molecule has 0 aromatic heterocycles. The molecule has 108 valence electrons. The number of carbonyl (C=O) groups excluding carboxylic acids is 1. The first-order valence-electron chi connectivity index (χ1n) is 6.51. The summed E-state index contributed by atoms with van der Waals surface area (Å²) in [5, 5.41) is 14.4. The lowest BCUT2D eigenvalue weighted by Gasteiger charge is -2.17. The molecule has 6 heteroatoms. The zero-order chi connectivity index (χ0) is 14.7. The summed E-state index contributed by atoms with van der Waals surface area (Å²) in [4.78, 5) is 22.8. The second-order valence-electron chi connectivity index (χ2n) is 5.12. The van der Waals surface area contributed by atoms with Crippen LogP contribution in [0.15, 0.2) is 22.7 Å². The van der Waals surface area contributed by atoms with E-state index in [4.69, 9.17) is 5.11 Å². The average Bonchev–Trinajstić information content (AvgIpc) is 3.16.